The van der Waals surface area contributed by atoms with E-state index in [0.29, 0.717) is 5.92 Å². The lowest BCUT2D eigenvalue weighted by molar-refractivity contribution is 0.411. The molecule has 1 atom stereocenters. The van der Waals surface area contributed by atoms with E-state index in [1.54, 1.807) is 7.11 Å². The number of hydrogen-bond acceptors (Lipinski definition) is 3. The minimum atomic E-state index is 0.487. The Balaban J connectivity index is 2.84. The Morgan fingerprint density at radius 3 is 2.65 bits per heavy atom. The van der Waals surface area contributed by atoms with Crippen molar-refractivity contribution in [1.82, 2.24) is 0 Å². The van der Waals surface area contributed by atoms with Crippen LogP contribution in [0.15, 0.2) is 12.1 Å². The average molecular weight is 249 g/mol. The summed E-state index contributed by atoms with van der Waals surface area (Å²) < 4.78 is 5.31. The predicted octanol–water partition coefficient (Wildman–Crippen LogP) is 4.02. The second kappa shape index (κ2) is 6.56. The summed E-state index contributed by atoms with van der Waals surface area (Å²) in [6, 6.07) is 4.18. The molecule has 1 aromatic carbocycles. The molecule has 1 rings (SSSR count). The third-order valence-corrected chi connectivity index (χ3v) is 3.82. The molecule has 0 heterocycles. The molecule has 0 aliphatic carbocycles. The highest BCUT2D eigenvalue weighted by molar-refractivity contribution is 8.03. The minimum absolute atomic E-state index is 0.487. The molecule has 1 aromatic rings. The summed E-state index contributed by atoms with van der Waals surface area (Å²) >= 11 is 1.33. The zero-order valence-electron chi connectivity index (χ0n) is 10.9. The molecule has 3 heteroatoms. The van der Waals surface area contributed by atoms with Crippen molar-refractivity contribution < 1.29 is 4.74 Å². The zero-order valence-corrected chi connectivity index (χ0v) is 11.7. The molecule has 17 heavy (non-hydrogen) atoms. The molecule has 1 unspecified atom stereocenters. The first kappa shape index (κ1) is 13.9. The molecule has 0 fully saturated rings. The molecule has 2 nitrogen and oxygen atoms in total. The Kier molecular flexibility index (Phi) is 5.37. The van der Waals surface area contributed by atoms with Crippen molar-refractivity contribution in [3.05, 3.63) is 28.8 Å². The van der Waals surface area contributed by atoms with Gasteiger partial charge in [-0.15, -0.1) is 0 Å². The van der Waals surface area contributed by atoms with E-state index in [0.717, 1.165) is 17.9 Å². The lowest BCUT2D eigenvalue weighted by atomic mass is 9.91. The van der Waals surface area contributed by atoms with Crippen LogP contribution < -0.4 is 4.74 Å². The van der Waals surface area contributed by atoms with Crippen molar-refractivity contribution >= 4 is 11.8 Å². The van der Waals surface area contributed by atoms with Gasteiger partial charge in [-0.25, -0.2) is 0 Å². The minimum Gasteiger partial charge on any atom is -0.496 e. The van der Waals surface area contributed by atoms with Gasteiger partial charge in [-0.05, 0) is 60.7 Å². The summed E-state index contributed by atoms with van der Waals surface area (Å²) in [7, 11) is 1.70. The second-order valence-electron chi connectivity index (χ2n) is 4.24. The van der Waals surface area contributed by atoms with Gasteiger partial charge in [0.1, 0.15) is 11.2 Å². The lowest BCUT2D eigenvalue weighted by Gasteiger charge is -2.17. The molecule has 0 N–H and O–H groups in total. The number of thioether (sulfide) groups is 1. The Labute approximate surface area is 108 Å². The summed E-state index contributed by atoms with van der Waals surface area (Å²) in [4.78, 5) is 0. The van der Waals surface area contributed by atoms with Gasteiger partial charge in [0.25, 0.3) is 0 Å². The van der Waals surface area contributed by atoms with E-state index in [2.05, 4.69) is 32.2 Å². The molecule has 92 valence electrons. The molecule has 0 saturated heterocycles. The number of thiocyanates is 1. The SMILES string of the molecule is COc1ccc(C(C)CCSC#N)c(C)c1C. The highest BCUT2D eigenvalue weighted by Gasteiger charge is 2.12. The first-order valence-electron chi connectivity index (χ1n) is 5.76. The quantitative estimate of drug-likeness (QED) is 0.583. The van der Waals surface area contributed by atoms with Gasteiger partial charge in [-0.3, -0.25) is 0 Å². The standard InChI is InChI=1S/C14H19NOS/c1-10(7-8-17-9-15)13-5-6-14(16-4)12(3)11(13)2/h5-6,10H,7-8H2,1-4H3. The van der Waals surface area contributed by atoms with E-state index < -0.39 is 0 Å². The number of nitriles is 1. The van der Waals surface area contributed by atoms with Crippen LogP contribution in [0.5, 0.6) is 5.75 Å². The molecule has 0 amide bonds. The molecule has 0 radical (unpaired) electrons. The zero-order chi connectivity index (χ0) is 12.8. The molecule has 0 spiro atoms. The van der Waals surface area contributed by atoms with E-state index in [4.69, 9.17) is 10.00 Å². The highest BCUT2D eigenvalue weighted by Crippen LogP contribution is 2.30. The van der Waals surface area contributed by atoms with Crippen LogP contribution in [-0.2, 0) is 0 Å². The maximum Gasteiger partial charge on any atom is 0.133 e. The first-order chi connectivity index (χ1) is 8.11. The van der Waals surface area contributed by atoms with E-state index >= 15 is 0 Å². The Morgan fingerprint density at radius 1 is 1.35 bits per heavy atom. The average Bonchev–Trinajstić information content (AvgIpc) is 2.32. The van der Waals surface area contributed by atoms with Gasteiger partial charge in [0.05, 0.1) is 7.11 Å². The number of methoxy groups -OCH3 is 1. The number of rotatable bonds is 5. The summed E-state index contributed by atoms with van der Waals surface area (Å²) in [5.41, 5.74) is 3.88. The highest BCUT2D eigenvalue weighted by atomic mass is 32.2. The number of ether oxygens (including phenoxy) is 1. The Hall–Kier alpha value is -1.14. The van der Waals surface area contributed by atoms with Gasteiger partial charge < -0.3 is 4.74 Å². The summed E-state index contributed by atoms with van der Waals surface area (Å²) in [6.45, 7) is 6.45. The molecule has 0 aliphatic heterocycles. The fourth-order valence-corrected chi connectivity index (χ4v) is 2.57. The number of hydrogen-bond donors (Lipinski definition) is 0. The van der Waals surface area contributed by atoms with Crippen molar-refractivity contribution in [2.75, 3.05) is 12.9 Å². The maximum absolute atomic E-state index is 8.51. The normalized spacial score (nSPS) is 11.9. The topological polar surface area (TPSA) is 33.0 Å². The molecule has 0 bridgehead atoms. The van der Waals surface area contributed by atoms with E-state index in [9.17, 15) is 0 Å². The van der Waals surface area contributed by atoms with Crippen molar-refractivity contribution in [2.24, 2.45) is 0 Å². The molecule has 0 aliphatic rings. The summed E-state index contributed by atoms with van der Waals surface area (Å²) in [6.07, 6.45) is 1.03. The number of benzene rings is 1. The Morgan fingerprint density at radius 2 is 2.06 bits per heavy atom. The van der Waals surface area contributed by atoms with Crippen LogP contribution in [0.2, 0.25) is 0 Å². The third-order valence-electron chi connectivity index (χ3n) is 3.25. The molecule has 0 aromatic heterocycles. The van der Waals surface area contributed by atoms with Crippen LogP contribution >= 0.6 is 11.8 Å². The van der Waals surface area contributed by atoms with Gasteiger partial charge in [0, 0.05) is 5.75 Å². The largest absolute Gasteiger partial charge is 0.496 e. The monoisotopic (exact) mass is 249 g/mol. The maximum atomic E-state index is 8.51. The van der Waals surface area contributed by atoms with Gasteiger partial charge >= 0.3 is 0 Å². The van der Waals surface area contributed by atoms with Crippen molar-refractivity contribution in [3.63, 3.8) is 0 Å². The van der Waals surface area contributed by atoms with Gasteiger partial charge in [-0.2, -0.15) is 5.26 Å². The fourth-order valence-electron chi connectivity index (χ4n) is 2.01. The van der Waals surface area contributed by atoms with Crippen LogP contribution in [0.25, 0.3) is 0 Å². The third kappa shape index (κ3) is 3.41. The molecular weight excluding hydrogens is 230 g/mol. The van der Waals surface area contributed by atoms with Crippen LogP contribution in [-0.4, -0.2) is 12.9 Å². The van der Waals surface area contributed by atoms with E-state index in [-0.39, 0.29) is 0 Å². The fraction of sp³-hybridized carbons (Fsp3) is 0.500. The first-order valence-corrected chi connectivity index (χ1v) is 6.75. The van der Waals surface area contributed by atoms with Crippen molar-refractivity contribution in [2.45, 2.75) is 33.1 Å². The van der Waals surface area contributed by atoms with Gasteiger partial charge in [-0.1, -0.05) is 13.0 Å². The van der Waals surface area contributed by atoms with E-state index in [1.807, 2.05) is 6.07 Å². The van der Waals surface area contributed by atoms with Gasteiger partial charge in [0.2, 0.25) is 0 Å². The smallest absolute Gasteiger partial charge is 0.133 e. The van der Waals surface area contributed by atoms with Crippen LogP contribution in [0.1, 0.15) is 36.0 Å². The van der Waals surface area contributed by atoms with E-state index in [1.165, 1.54) is 28.5 Å². The van der Waals surface area contributed by atoms with Crippen LogP contribution in [0, 0.1) is 24.5 Å². The van der Waals surface area contributed by atoms with Gasteiger partial charge in [0.15, 0.2) is 0 Å². The van der Waals surface area contributed by atoms with Crippen LogP contribution in [0.3, 0.4) is 0 Å². The lowest BCUT2D eigenvalue weighted by Crippen LogP contribution is -2.01. The van der Waals surface area contributed by atoms with Crippen LogP contribution in [0.4, 0.5) is 0 Å². The van der Waals surface area contributed by atoms with Crippen molar-refractivity contribution in [1.29, 1.82) is 5.26 Å². The summed E-state index contributed by atoms with van der Waals surface area (Å²) in [5, 5.41) is 10.6. The predicted molar refractivity (Wildman–Crippen MR) is 73.6 cm³/mol. The molecular formula is C14H19NOS. The summed E-state index contributed by atoms with van der Waals surface area (Å²) in [5.74, 6) is 2.33. The molecule has 0 saturated carbocycles. The Bertz CT molecular complexity index is 423. The second-order valence-corrected chi connectivity index (χ2v) is 5.12. The van der Waals surface area contributed by atoms with Crippen molar-refractivity contribution in [3.8, 4) is 11.2 Å². The number of nitrogens with zero attached hydrogens (tertiary/aromatic N) is 1.